The van der Waals surface area contributed by atoms with E-state index < -0.39 is 44.3 Å². The molecule has 8 nitrogen and oxygen atoms in total. The zero-order valence-electron chi connectivity index (χ0n) is 14.4. The van der Waals surface area contributed by atoms with Crippen molar-refractivity contribution in [2.75, 3.05) is 12.4 Å². The number of carbonyl (C=O) groups is 2. The first-order chi connectivity index (χ1) is 12.6. The molecular weight excluding hydrogens is 379 g/mol. The SMILES string of the molecule is COc1cccc(NC(=O)[C@H](C)OC(=O)c2cc(S(N)(=O)=O)ccc2F)c1. The predicted molar refractivity (Wildman–Crippen MR) is 94.3 cm³/mol. The fraction of sp³-hybridized carbons (Fsp3) is 0.176. The second-order valence-corrected chi connectivity index (χ2v) is 7.02. The zero-order valence-corrected chi connectivity index (χ0v) is 15.2. The molecule has 0 aliphatic rings. The van der Waals surface area contributed by atoms with Crippen molar-refractivity contribution in [3.63, 3.8) is 0 Å². The molecule has 1 amide bonds. The van der Waals surface area contributed by atoms with Crippen molar-refractivity contribution in [3.8, 4) is 5.75 Å². The molecular formula is C17H17FN2O6S. The number of hydrogen-bond donors (Lipinski definition) is 2. The maximum Gasteiger partial charge on any atom is 0.341 e. The number of carbonyl (C=O) groups excluding carboxylic acids is 2. The van der Waals surface area contributed by atoms with Crippen LogP contribution in [0.5, 0.6) is 5.75 Å². The van der Waals surface area contributed by atoms with Gasteiger partial charge in [0.15, 0.2) is 6.10 Å². The van der Waals surface area contributed by atoms with Gasteiger partial charge in [-0.1, -0.05) is 6.07 Å². The van der Waals surface area contributed by atoms with Gasteiger partial charge in [0.25, 0.3) is 5.91 Å². The van der Waals surface area contributed by atoms with Crippen molar-refractivity contribution in [3.05, 3.63) is 53.8 Å². The van der Waals surface area contributed by atoms with Crippen LogP contribution in [0.15, 0.2) is 47.4 Å². The molecule has 27 heavy (non-hydrogen) atoms. The van der Waals surface area contributed by atoms with Gasteiger partial charge in [-0.25, -0.2) is 22.7 Å². The Bertz CT molecular complexity index is 977. The Morgan fingerprint density at radius 2 is 1.89 bits per heavy atom. The van der Waals surface area contributed by atoms with Crippen LogP contribution in [0, 0.1) is 5.82 Å². The Kier molecular flexibility index (Phi) is 6.13. The van der Waals surface area contributed by atoms with Crippen molar-refractivity contribution in [2.45, 2.75) is 17.9 Å². The van der Waals surface area contributed by atoms with Crippen molar-refractivity contribution in [1.29, 1.82) is 0 Å². The van der Waals surface area contributed by atoms with Crippen LogP contribution in [-0.2, 0) is 19.6 Å². The second kappa shape index (κ2) is 8.14. The van der Waals surface area contributed by atoms with Crippen LogP contribution >= 0.6 is 0 Å². The van der Waals surface area contributed by atoms with Crippen molar-refractivity contribution in [2.24, 2.45) is 5.14 Å². The number of primary sulfonamides is 1. The van der Waals surface area contributed by atoms with Crippen molar-refractivity contribution in [1.82, 2.24) is 0 Å². The number of amides is 1. The van der Waals surface area contributed by atoms with Crippen LogP contribution in [0.4, 0.5) is 10.1 Å². The van der Waals surface area contributed by atoms with E-state index in [0.717, 1.165) is 18.2 Å². The van der Waals surface area contributed by atoms with E-state index in [1.807, 2.05) is 0 Å². The van der Waals surface area contributed by atoms with Gasteiger partial charge in [0.05, 0.1) is 17.6 Å². The summed E-state index contributed by atoms with van der Waals surface area (Å²) in [5.74, 6) is -2.36. The lowest BCUT2D eigenvalue weighted by molar-refractivity contribution is -0.123. The number of nitrogens with two attached hydrogens (primary N) is 1. The minimum Gasteiger partial charge on any atom is -0.497 e. The third-order valence-electron chi connectivity index (χ3n) is 3.48. The number of esters is 1. The van der Waals surface area contributed by atoms with Gasteiger partial charge in [0.1, 0.15) is 11.6 Å². The molecule has 144 valence electrons. The third-order valence-corrected chi connectivity index (χ3v) is 4.39. The van der Waals surface area contributed by atoms with E-state index in [1.54, 1.807) is 24.3 Å². The second-order valence-electron chi connectivity index (χ2n) is 5.46. The van der Waals surface area contributed by atoms with Gasteiger partial charge in [-0.3, -0.25) is 4.79 Å². The van der Waals surface area contributed by atoms with E-state index >= 15 is 0 Å². The van der Waals surface area contributed by atoms with E-state index in [1.165, 1.54) is 14.0 Å². The number of hydrogen-bond acceptors (Lipinski definition) is 6. The predicted octanol–water partition coefficient (Wildman–Crippen LogP) is 1.67. The van der Waals surface area contributed by atoms with Gasteiger partial charge in [-0.15, -0.1) is 0 Å². The maximum atomic E-state index is 13.8. The lowest BCUT2D eigenvalue weighted by atomic mass is 10.2. The lowest BCUT2D eigenvalue weighted by Crippen LogP contribution is -2.30. The number of sulfonamides is 1. The van der Waals surface area contributed by atoms with Crippen LogP contribution < -0.4 is 15.2 Å². The number of benzene rings is 2. The van der Waals surface area contributed by atoms with E-state index in [9.17, 15) is 22.4 Å². The zero-order chi connectivity index (χ0) is 20.2. The third kappa shape index (κ3) is 5.25. The number of anilines is 1. The first-order valence-electron chi connectivity index (χ1n) is 7.60. The van der Waals surface area contributed by atoms with Crippen LogP contribution in [0.1, 0.15) is 17.3 Å². The Labute approximate surface area is 155 Å². The lowest BCUT2D eigenvalue weighted by Gasteiger charge is -2.14. The molecule has 0 spiro atoms. The van der Waals surface area contributed by atoms with Gasteiger partial charge < -0.3 is 14.8 Å². The highest BCUT2D eigenvalue weighted by molar-refractivity contribution is 7.89. The van der Waals surface area contributed by atoms with E-state index in [2.05, 4.69) is 5.32 Å². The fourth-order valence-corrected chi connectivity index (χ4v) is 2.60. The highest BCUT2D eigenvalue weighted by atomic mass is 32.2. The summed E-state index contributed by atoms with van der Waals surface area (Å²) in [7, 11) is -2.67. The average molecular weight is 396 g/mol. The highest BCUT2D eigenvalue weighted by Crippen LogP contribution is 2.18. The molecule has 2 rings (SSSR count). The summed E-state index contributed by atoms with van der Waals surface area (Å²) in [6.45, 7) is 1.29. The number of halogens is 1. The summed E-state index contributed by atoms with van der Waals surface area (Å²) >= 11 is 0. The summed E-state index contributed by atoms with van der Waals surface area (Å²) < 4.78 is 46.5. The molecule has 0 heterocycles. The molecule has 0 fully saturated rings. The minimum absolute atomic E-state index is 0.407. The Hall–Kier alpha value is -2.98. The number of rotatable bonds is 6. The molecule has 3 N–H and O–H groups in total. The topological polar surface area (TPSA) is 125 Å². The Balaban J connectivity index is 2.11. The summed E-state index contributed by atoms with van der Waals surface area (Å²) in [4.78, 5) is 23.8. The molecule has 0 radical (unpaired) electrons. The van der Waals surface area contributed by atoms with Gasteiger partial charge >= 0.3 is 5.97 Å². The van der Waals surface area contributed by atoms with E-state index in [-0.39, 0.29) is 0 Å². The van der Waals surface area contributed by atoms with Crippen LogP contribution in [0.2, 0.25) is 0 Å². The molecule has 0 bridgehead atoms. The van der Waals surface area contributed by atoms with Crippen molar-refractivity contribution < 1.29 is 31.9 Å². The first-order valence-corrected chi connectivity index (χ1v) is 9.14. The molecule has 0 saturated heterocycles. The number of nitrogens with one attached hydrogen (secondary N) is 1. The average Bonchev–Trinajstić information content (AvgIpc) is 2.61. The van der Waals surface area contributed by atoms with Gasteiger partial charge in [0.2, 0.25) is 10.0 Å². The van der Waals surface area contributed by atoms with Gasteiger partial charge in [0, 0.05) is 11.8 Å². The van der Waals surface area contributed by atoms with E-state index in [0.29, 0.717) is 11.4 Å². The Morgan fingerprint density at radius 3 is 2.52 bits per heavy atom. The standard InChI is InChI=1S/C17H17FN2O6S/c1-10(16(21)20-11-4-3-5-12(8-11)25-2)26-17(22)14-9-13(27(19,23)24)6-7-15(14)18/h3-10H,1-2H3,(H,20,21)(H2,19,23,24)/t10-/m0/s1. The van der Waals surface area contributed by atoms with Gasteiger partial charge in [-0.05, 0) is 37.3 Å². The van der Waals surface area contributed by atoms with Crippen LogP contribution in [0.25, 0.3) is 0 Å². The number of ether oxygens (including phenoxy) is 2. The molecule has 0 saturated carbocycles. The molecule has 0 unspecified atom stereocenters. The number of methoxy groups -OCH3 is 1. The molecule has 0 aromatic heterocycles. The van der Waals surface area contributed by atoms with Crippen LogP contribution in [-0.4, -0.2) is 33.5 Å². The molecule has 2 aromatic rings. The summed E-state index contributed by atoms with van der Waals surface area (Å²) in [6, 6.07) is 8.93. The minimum atomic E-state index is -4.13. The fourth-order valence-electron chi connectivity index (χ4n) is 2.06. The van der Waals surface area contributed by atoms with E-state index in [4.69, 9.17) is 14.6 Å². The monoisotopic (exact) mass is 396 g/mol. The molecule has 10 heteroatoms. The molecule has 0 aliphatic heterocycles. The highest BCUT2D eigenvalue weighted by Gasteiger charge is 2.23. The van der Waals surface area contributed by atoms with Crippen molar-refractivity contribution >= 4 is 27.6 Å². The normalized spacial score (nSPS) is 12.1. The summed E-state index contributed by atoms with van der Waals surface area (Å²) in [5, 5.41) is 7.48. The smallest absolute Gasteiger partial charge is 0.341 e. The quantitative estimate of drug-likeness (QED) is 0.716. The molecule has 2 aromatic carbocycles. The Morgan fingerprint density at radius 1 is 1.19 bits per heavy atom. The largest absolute Gasteiger partial charge is 0.497 e. The maximum absolute atomic E-state index is 13.8. The summed E-state index contributed by atoms with van der Waals surface area (Å²) in [6.07, 6.45) is -1.28. The molecule has 1 atom stereocenters. The molecule has 0 aliphatic carbocycles. The first kappa shape index (κ1) is 20.3. The summed E-state index contributed by atoms with van der Waals surface area (Å²) in [5.41, 5.74) is -0.243. The van der Waals surface area contributed by atoms with Gasteiger partial charge in [-0.2, -0.15) is 0 Å². The van der Waals surface area contributed by atoms with Crippen LogP contribution in [0.3, 0.4) is 0 Å².